The summed E-state index contributed by atoms with van der Waals surface area (Å²) in [5.74, 6) is -0.193. The fourth-order valence-electron chi connectivity index (χ4n) is 2.59. The number of hydrogen-bond acceptors (Lipinski definition) is 3. The van der Waals surface area contributed by atoms with E-state index in [1.165, 1.54) is 5.56 Å². The van der Waals surface area contributed by atoms with E-state index in [-0.39, 0.29) is 5.78 Å². The summed E-state index contributed by atoms with van der Waals surface area (Å²) >= 11 is 0. The summed E-state index contributed by atoms with van der Waals surface area (Å²) in [4.78, 5) is 22.5. The molecule has 0 aliphatic carbocycles. The van der Waals surface area contributed by atoms with Crippen LogP contribution in [0.4, 0.5) is 0 Å². The minimum Gasteiger partial charge on any atom is -0.292 e. The summed E-state index contributed by atoms with van der Waals surface area (Å²) < 4.78 is 0. The van der Waals surface area contributed by atoms with Gasteiger partial charge in [-0.25, -0.2) is 0 Å². The molecule has 0 spiro atoms. The number of aryl methyl sites for hydroxylation is 1. The smallest absolute Gasteiger partial charge is 0.270 e. The Hall–Kier alpha value is -1.71. The van der Waals surface area contributed by atoms with Crippen LogP contribution in [0, 0.1) is 10.1 Å². The summed E-state index contributed by atoms with van der Waals surface area (Å²) in [6.45, 7) is 2.06. The van der Waals surface area contributed by atoms with Gasteiger partial charge in [0.05, 0.1) is 0 Å². The van der Waals surface area contributed by atoms with Crippen LogP contribution in [0.2, 0.25) is 0 Å². The van der Waals surface area contributed by atoms with Gasteiger partial charge in [-0.1, -0.05) is 56.5 Å². The quantitative estimate of drug-likeness (QED) is 0.322. The molecule has 0 bridgehead atoms. The van der Waals surface area contributed by atoms with E-state index in [2.05, 4.69) is 19.1 Å². The average Bonchev–Trinajstić information content (AvgIpc) is 2.51. The summed E-state index contributed by atoms with van der Waals surface area (Å²) in [6.07, 6.45) is 7.18. The monoisotopic (exact) mass is 305 g/mol. The molecule has 22 heavy (non-hydrogen) atoms. The lowest BCUT2D eigenvalue weighted by Crippen LogP contribution is -2.29. The highest BCUT2D eigenvalue weighted by Gasteiger charge is 2.27. The van der Waals surface area contributed by atoms with Crippen LogP contribution < -0.4 is 0 Å². The maximum atomic E-state index is 11.9. The first-order valence-electron chi connectivity index (χ1n) is 8.35. The number of carbonyl (C=O) groups is 1. The molecule has 122 valence electrons. The zero-order valence-electron chi connectivity index (χ0n) is 13.5. The minimum absolute atomic E-state index is 0.193. The Bertz CT molecular complexity index is 445. The van der Waals surface area contributed by atoms with Crippen molar-refractivity contribution in [2.75, 3.05) is 0 Å². The Kier molecular flexibility index (Phi) is 9.12. The molecular weight excluding hydrogens is 278 g/mol. The molecule has 0 aromatic heterocycles. The lowest BCUT2D eigenvalue weighted by molar-refractivity contribution is -0.508. The third kappa shape index (κ3) is 7.34. The zero-order valence-corrected chi connectivity index (χ0v) is 13.5. The predicted octanol–water partition coefficient (Wildman–Crippen LogP) is 4.58. The molecule has 0 radical (unpaired) electrons. The van der Waals surface area contributed by atoms with Crippen LogP contribution in [0.5, 0.6) is 0 Å². The minimum atomic E-state index is -0.992. The van der Waals surface area contributed by atoms with Gasteiger partial charge in [-0.15, -0.1) is 0 Å². The van der Waals surface area contributed by atoms with Crippen molar-refractivity contribution in [3.63, 3.8) is 0 Å². The van der Waals surface area contributed by atoms with E-state index in [0.29, 0.717) is 12.8 Å². The Morgan fingerprint density at radius 1 is 1.09 bits per heavy atom. The second-order valence-corrected chi connectivity index (χ2v) is 5.81. The average molecular weight is 305 g/mol. The van der Waals surface area contributed by atoms with Crippen molar-refractivity contribution in [3.05, 3.63) is 46.0 Å². The number of ketones is 1. The molecule has 0 fully saturated rings. The highest BCUT2D eigenvalue weighted by Crippen LogP contribution is 2.13. The Balaban J connectivity index is 2.23. The maximum Gasteiger partial charge on any atom is 0.270 e. The fourth-order valence-corrected chi connectivity index (χ4v) is 2.59. The molecule has 4 heteroatoms. The molecule has 0 N–H and O–H groups in total. The van der Waals surface area contributed by atoms with Crippen LogP contribution in [0.15, 0.2) is 30.3 Å². The molecular formula is C18H27NO3. The second-order valence-electron chi connectivity index (χ2n) is 5.81. The third-order valence-electron chi connectivity index (χ3n) is 3.94. The van der Waals surface area contributed by atoms with Gasteiger partial charge in [0.15, 0.2) is 0 Å². The first-order valence-corrected chi connectivity index (χ1v) is 8.35. The molecule has 0 saturated heterocycles. The molecule has 1 atom stereocenters. The van der Waals surface area contributed by atoms with Crippen molar-refractivity contribution >= 4 is 5.78 Å². The Morgan fingerprint density at radius 2 is 1.82 bits per heavy atom. The first-order chi connectivity index (χ1) is 10.6. The number of Topliss-reactive ketones (excluding diaryl/α,β-unsaturated/α-hetero) is 1. The molecule has 0 amide bonds. The van der Waals surface area contributed by atoms with Crippen LogP contribution in [-0.4, -0.2) is 16.7 Å². The van der Waals surface area contributed by atoms with Crippen molar-refractivity contribution in [2.45, 2.75) is 70.8 Å². The van der Waals surface area contributed by atoms with Crippen LogP contribution in [0.1, 0.15) is 63.9 Å². The van der Waals surface area contributed by atoms with Gasteiger partial charge in [0.1, 0.15) is 0 Å². The highest BCUT2D eigenvalue weighted by atomic mass is 16.6. The van der Waals surface area contributed by atoms with Gasteiger partial charge in [-0.3, -0.25) is 14.9 Å². The second kappa shape index (κ2) is 10.9. The summed E-state index contributed by atoms with van der Waals surface area (Å²) in [5.41, 5.74) is 1.30. The normalized spacial score (nSPS) is 12.0. The van der Waals surface area contributed by atoms with Gasteiger partial charge in [-0.2, -0.15) is 0 Å². The summed E-state index contributed by atoms with van der Waals surface area (Å²) in [7, 11) is 0. The van der Waals surface area contributed by atoms with Gasteiger partial charge in [0, 0.05) is 17.8 Å². The Labute approximate surface area is 133 Å². The predicted molar refractivity (Wildman–Crippen MR) is 88.5 cm³/mol. The van der Waals surface area contributed by atoms with Crippen LogP contribution >= 0.6 is 0 Å². The van der Waals surface area contributed by atoms with E-state index in [9.17, 15) is 14.9 Å². The number of unbranched alkanes of at least 4 members (excludes halogenated alkanes) is 4. The SMILES string of the molecule is CCCCCC(=O)C(CCCCCc1ccccc1)[N+](=O)[O-]. The number of benzene rings is 1. The molecule has 1 aromatic carbocycles. The number of nitrogens with zero attached hydrogens (tertiary/aromatic N) is 1. The zero-order chi connectivity index (χ0) is 16.2. The van der Waals surface area contributed by atoms with Crippen molar-refractivity contribution < 1.29 is 9.72 Å². The summed E-state index contributed by atoms with van der Waals surface area (Å²) in [5, 5.41) is 11.0. The molecule has 1 rings (SSSR count). The van der Waals surface area contributed by atoms with Crippen LogP contribution in [0.25, 0.3) is 0 Å². The van der Waals surface area contributed by atoms with Gasteiger partial charge in [-0.05, 0) is 31.2 Å². The van der Waals surface area contributed by atoms with E-state index in [0.717, 1.165) is 44.9 Å². The van der Waals surface area contributed by atoms with Crippen molar-refractivity contribution in [3.8, 4) is 0 Å². The molecule has 0 aliphatic rings. The molecule has 1 aromatic rings. The summed E-state index contributed by atoms with van der Waals surface area (Å²) in [6, 6.07) is 9.23. The number of carbonyl (C=O) groups excluding carboxylic acids is 1. The molecule has 0 heterocycles. The maximum absolute atomic E-state index is 11.9. The molecule has 0 aliphatic heterocycles. The Morgan fingerprint density at radius 3 is 2.45 bits per heavy atom. The molecule has 4 nitrogen and oxygen atoms in total. The highest BCUT2D eigenvalue weighted by molar-refractivity contribution is 5.82. The lowest BCUT2D eigenvalue weighted by atomic mass is 9.99. The van der Waals surface area contributed by atoms with Gasteiger partial charge in [0.25, 0.3) is 6.04 Å². The van der Waals surface area contributed by atoms with E-state index in [1.54, 1.807) is 0 Å². The standard InChI is InChI=1S/C18H27NO3/c1-2-3-6-15-18(20)17(19(21)22)14-10-5-9-13-16-11-7-4-8-12-16/h4,7-8,11-12,17H,2-3,5-6,9-10,13-15H2,1H3. The third-order valence-corrected chi connectivity index (χ3v) is 3.94. The van der Waals surface area contributed by atoms with E-state index in [1.807, 2.05) is 18.2 Å². The largest absolute Gasteiger partial charge is 0.292 e. The van der Waals surface area contributed by atoms with Crippen LogP contribution in [-0.2, 0) is 11.2 Å². The van der Waals surface area contributed by atoms with Gasteiger partial charge >= 0.3 is 0 Å². The number of rotatable bonds is 12. The van der Waals surface area contributed by atoms with E-state index in [4.69, 9.17) is 0 Å². The van der Waals surface area contributed by atoms with E-state index >= 15 is 0 Å². The number of hydrogen-bond donors (Lipinski definition) is 0. The van der Waals surface area contributed by atoms with Crippen molar-refractivity contribution in [1.29, 1.82) is 0 Å². The first kappa shape index (κ1) is 18.3. The van der Waals surface area contributed by atoms with Crippen molar-refractivity contribution in [2.24, 2.45) is 0 Å². The van der Waals surface area contributed by atoms with Crippen LogP contribution in [0.3, 0.4) is 0 Å². The van der Waals surface area contributed by atoms with Gasteiger partial charge in [0.2, 0.25) is 5.78 Å². The van der Waals surface area contributed by atoms with E-state index < -0.39 is 11.0 Å². The molecule has 1 unspecified atom stereocenters. The van der Waals surface area contributed by atoms with Gasteiger partial charge < -0.3 is 0 Å². The van der Waals surface area contributed by atoms with Crippen molar-refractivity contribution in [1.82, 2.24) is 0 Å². The topological polar surface area (TPSA) is 60.2 Å². The number of nitro groups is 1. The fraction of sp³-hybridized carbons (Fsp3) is 0.611. The lowest BCUT2D eigenvalue weighted by Gasteiger charge is -2.08. The molecule has 0 saturated carbocycles.